The lowest BCUT2D eigenvalue weighted by Gasteiger charge is -2.36. The van der Waals surface area contributed by atoms with Crippen LogP contribution in [0.1, 0.15) is 34.0 Å². The van der Waals surface area contributed by atoms with Crippen LogP contribution in [0.25, 0.3) is 10.9 Å². The molecule has 0 spiro atoms. The Morgan fingerprint density at radius 2 is 1.83 bits per heavy atom. The van der Waals surface area contributed by atoms with Gasteiger partial charge in [-0.15, -0.1) is 0 Å². The van der Waals surface area contributed by atoms with Crippen LogP contribution in [-0.2, 0) is 12.6 Å². The van der Waals surface area contributed by atoms with Gasteiger partial charge in [0.25, 0.3) is 0 Å². The molecule has 5 nitrogen and oxygen atoms in total. The summed E-state index contributed by atoms with van der Waals surface area (Å²) in [5, 5.41) is 3.53. The van der Waals surface area contributed by atoms with Gasteiger partial charge in [-0.2, -0.15) is 13.2 Å². The van der Waals surface area contributed by atoms with Gasteiger partial charge in [0.2, 0.25) is 0 Å². The number of nitrogens with one attached hydrogen (secondary N) is 2. The zero-order chi connectivity index (χ0) is 24.7. The standard InChI is InChI=1S/C27H24F3N3O2/c1-16-7-9-17(10-8-16)25-24-19(20-15-18(35-2)11-12-22(20)31-24)13-14-33(25)26(34)32-23-6-4-3-5-21(23)27(28,29)30/h3-12,15,25,31H,13-14H2,1-2H3,(H,32,34)/t25-/m0/s1. The SMILES string of the molecule is COc1ccc2[nH]c3c(c2c1)CCN(C(=O)Nc1ccccc1C(F)(F)F)[C@H]3c1ccc(C)cc1. The van der Waals surface area contributed by atoms with Gasteiger partial charge in [-0.25, -0.2) is 4.79 Å². The summed E-state index contributed by atoms with van der Waals surface area (Å²) in [5.74, 6) is 0.732. The van der Waals surface area contributed by atoms with Crippen molar-refractivity contribution in [3.63, 3.8) is 0 Å². The highest BCUT2D eigenvalue weighted by atomic mass is 19.4. The maximum atomic E-state index is 13.5. The van der Waals surface area contributed by atoms with Crippen LogP contribution in [-0.4, -0.2) is 29.6 Å². The van der Waals surface area contributed by atoms with Crippen LogP contribution in [0, 0.1) is 6.92 Å². The van der Waals surface area contributed by atoms with Crippen molar-refractivity contribution in [1.29, 1.82) is 0 Å². The molecule has 0 bridgehead atoms. The summed E-state index contributed by atoms with van der Waals surface area (Å²) in [7, 11) is 1.61. The Hall–Kier alpha value is -3.94. The number of para-hydroxylation sites is 1. The summed E-state index contributed by atoms with van der Waals surface area (Å²) in [5.41, 5.74) is 3.63. The monoisotopic (exact) mass is 479 g/mol. The Kier molecular flexibility index (Phi) is 5.67. The average molecular weight is 480 g/mol. The number of fused-ring (bicyclic) bond motifs is 3. The summed E-state index contributed by atoms with van der Waals surface area (Å²) < 4.78 is 45.9. The molecule has 0 aliphatic carbocycles. The third-order valence-corrected chi connectivity index (χ3v) is 6.46. The van der Waals surface area contributed by atoms with E-state index in [0.29, 0.717) is 13.0 Å². The Balaban J connectivity index is 1.58. The van der Waals surface area contributed by atoms with Gasteiger partial charge < -0.3 is 19.9 Å². The number of alkyl halides is 3. The maximum Gasteiger partial charge on any atom is 0.418 e. The van der Waals surface area contributed by atoms with Crippen molar-refractivity contribution in [3.8, 4) is 5.75 Å². The van der Waals surface area contributed by atoms with Gasteiger partial charge in [-0.05, 0) is 54.8 Å². The number of ether oxygens (including phenoxy) is 1. The van der Waals surface area contributed by atoms with E-state index < -0.39 is 23.8 Å². The molecule has 1 aromatic heterocycles. The molecular formula is C27H24F3N3O2. The molecule has 1 atom stereocenters. The van der Waals surface area contributed by atoms with E-state index in [1.807, 2.05) is 49.4 Å². The Morgan fingerprint density at radius 3 is 2.54 bits per heavy atom. The van der Waals surface area contributed by atoms with Crippen molar-refractivity contribution in [2.24, 2.45) is 0 Å². The number of carbonyl (C=O) groups excluding carboxylic acids is 1. The lowest BCUT2D eigenvalue weighted by atomic mass is 9.92. The number of aryl methyl sites for hydroxylation is 1. The molecule has 180 valence electrons. The van der Waals surface area contributed by atoms with Gasteiger partial charge in [-0.1, -0.05) is 42.0 Å². The van der Waals surface area contributed by atoms with Crippen molar-refractivity contribution in [3.05, 3.63) is 94.7 Å². The first-order valence-corrected chi connectivity index (χ1v) is 11.2. The molecular weight excluding hydrogens is 455 g/mol. The molecule has 2 amide bonds. The first-order chi connectivity index (χ1) is 16.8. The minimum Gasteiger partial charge on any atom is -0.497 e. The van der Waals surface area contributed by atoms with Gasteiger partial charge in [-0.3, -0.25) is 0 Å². The van der Waals surface area contributed by atoms with E-state index >= 15 is 0 Å². The van der Waals surface area contributed by atoms with Gasteiger partial charge in [0.15, 0.2) is 0 Å². The maximum absolute atomic E-state index is 13.5. The highest BCUT2D eigenvalue weighted by molar-refractivity contribution is 5.92. The molecule has 0 saturated carbocycles. The van der Waals surface area contributed by atoms with Crippen LogP contribution in [0.4, 0.5) is 23.7 Å². The summed E-state index contributed by atoms with van der Waals surface area (Å²) in [6.07, 6.45) is -4.02. The van der Waals surface area contributed by atoms with E-state index in [4.69, 9.17) is 4.74 Å². The minimum absolute atomic E-state index is 0.264. The van der Waals surface area contributed by atoms with E-state index in [0.717, 1.165) is 45.1 Å². The summed E-state index contributed by atoms with van der Waals surface area (Å²) in [6.45, 7) is 2.32. The fraction of sp³-hybridized carbons (Fsp3) is 0.222. The summed E-state index contributed by atoms with van der Waals surface area (Å²) >= 11 is 0. The van der Waals surface area contributed by atoms with Crippen LogP contribution >= 0.6 is 0 Å². The number of anilines is 1. The number of rotatable bonds is 3. The second-order valence-electron chi connectivity index (χ2n) is 8.66. The normalized spacial score (nSPS) is 15.7. The molecule has 0 unspecified atom stereocenters. The van der Waals surface area contributed by atoms with Crippen LogP contribution in [0.2, 0.25) is 0 Å². The Bertz CT molecular complexity index is 1390. The molecule has 2 N–H and O–H groups in total. The topological polar surface area (TPSA) is 57.4 Å². The fourth-order valence-corrected chi connectivity index (χ4v) is 4.74. The van der Waals surface area contributed by atoms with Crippen molar-refractivity contribution in [1.82, 2.24) is 9.88 Å². The molecule has 35 heavy (non-hydrogen) atoms. The third kappa shape index (κ3) is 4.20. The number of aromatic nitrogens is 1. The zero-order valence-corrected chi connectivity index (χ0v) is 19.2. The van der Waals surface area contributed by atoms with E-state index in [1.165, 1.54) is 18.2 Å². The zero-order valence-electron chi connectivity index (χ0n) is 19.2. The Morgan fingerprint density at radius 1 is 1.09 bits per heavy atom. The summed E-state index contributed by atoms with van der Waals surface area (Å²) in [4.78, 5) is 18.5. The van der Waals surface area contributed by atoms with Crippen LogP contribution in [0.5, 0.6) is 5.75 Å². The fourth-order valence-electron chi connectivity index (χ4n) is 4.74. The quantitative estimate of drug-likeness (QED) is 0.344. The molecule has 0 saturated heterocycles. The molecule has 1 aliphatic heterocycles. The largest absolute Gasteiger partial charge is 0.497 e. The molecule has 3 aromatic carbocycles. The number of hydrogen-bond acceptors (Lipinski definition) is 2. The molecule has 0 fully saturated rings. The van der Waals surface area contributed by atoms with Crippen molar-refractivity contribution in [2.45, 2.75) is 25.6 Å². The lowest BCUT2D eigenvalue weighted by Crippen LogP contribution is -2.43. The first kappa shape index (κ1) is 22.8. The first-order valence-electron chi connectivity index (χ1n) is 11.2. The number of halogens is 3. The summed E-state index contributed by atoms with van der Waals surface area (Å²) in [6, 6.07) is 17.5. The minimum atomic E-state index is -4.58. The second-order valence-corrected chi connectivity index (χ2v) is 8.66. The van der Waals surface area contributed by atoms with Gasteiger partial charge in [0.1, 0.15) is 5.75 Å². The molecule has 0 radical (unpaired) electrons. The third-order valence-electron chi connectivity index (χ3n) is 6.46. The highest BCUT2D eigenvalue weighted by Crippen LogP contribution is 2.40. The average Bonchev–Trinajstić information content (AvgIpc) is 3.21. The molecule has 5 rings (SSSR count). The van der Waals surface area contributed by atoms with Gasteiger partial charge >= 0.3 is 12.2 Å². The van der Waals surface area contributed by atoms with E-state index in [2.05, 4.69) is 10.3 Å². The predicted octanol–water partition coefficient (Wildman–Crippen LogP) is 6.68. The number of methoxy groups -OCH3 is 1. The van der Waals surface area contributed by atoms with Crippen molar-refractivity contribution < 1.29 is 22.7 Å². The number of urea groups is 1. The number of nitrogens with zero attached hydrogens (tertiary/aromatic N) is 1. The predicted molar refractivity (Wildman–Crippen MR) is 129 cm³/mol. The number of hydrogen-bond donors (Lipinski definition) is 2. The second kappa shape index (κ2) is 8.69. The molecule has 4 aromatic rings. The van der Waals surface area contributed by atoms with E-state index in [-0.39, 0.29) is 5.69 Å². The molecule has 8 heteroatoms. The van der Waals surface area contributed by atoms with Gasteiger partial charge in [0.05, 0.1) is 24.4 Å². The van der Waals surface area contributed by atoms with Gasteiger partial charge in [0, 0.05) is 23.1 Å². The van der Waals surface area contributed by atoms with Crippen LogP contribution < -0.4 is 10.1 Å². The molecule has 1 aliphatic rings. The van der Waals surface area contributed by atoms with Crippen LogP contribution in [0.15, 0.2) is 66.7 Å². The number of H-pyrrole nitrogens is 1. The Labute approximate surface area is 200 Å². The van der Waals surface area contributed by atoms with Crippen molar-refractivity contribution in [2.75, 3.05) is 19.0 Å². The lowest BCUT2D eigenvalue weighted by molar-refractivity contribution is -0.136. The number of amides is 2. The number of carbonyl (C=O) groups is 1. The van der Waals surface area contributed by atoms with E-state index in [1.54, 1.807) is 12.0 Å². The number of benzene rings is 3. The van der Waals surface area contributed by atoms with Crippen LogP contribution in [0.3, 0.4) is 0 Å². The smallest absolute Gasteiger partial charge is 0.418 e. The molecule has 2 heterocycles. The number of aromatic amines is 1. The van der Waals surface area contributed by atoms with Crippen molar-refractivity contribution >= 4 is 22.6 Å². The highest BCUT2D eigenvalue weighted by Gasteiger charge is 2.37. The van der Waals surface area contributed by atoms with E-state index in [9.17, 15) is 18.0 Å².